The molecule has 2 aliphatic heterocycles. The van der Waals surface area contributed by atoms with Crippen LogP contribution in [0.25, 0.3) is 10.4 Å². The predicted octanol–water partition coefficient (Wildman–Crippen LogP) is 0.0336. The molecule has 3 atom stereocenters. The molecule has 2 rings (SSSR count). The number of carboxylic acids is 1. The molecule has 0 radical (unpaired) electrons. The van der Waals surface area contributed by atoms with Gasteiger partial charge in [-0.2, -0.15) is 0 Å². The lowest BCUT2D eigenvalue weighted by molar-refractivity contribution is -0.156. The molecule has 0 aromatic carbocycles. The van der Waals surface area contributed by atoms with Crippen LogP contribution in [0, 0.1) is 0 Å². The van der Waals surface area contributed by atoms with E-state index in [-0.39, 0.29) is 11.9 Å². The molecule has 2 fully saturated rings. The lowest BCUT2D eigenvalue weighted by Crippen LogP contribution is -2.64. The van der Waals surface area contributed by atoms with Gasteiger partial charge in [0.1, 0.15) is 6.04 Å². The number of hydrogen-bond acceptors (Lipinski definition) is 4. The minimum absolute atomic E-state index is 0.232. The van der Waals surface area contributed by atoms with Crippen molar-refractivity contribution in [1.82, 2.24) is 4.90 Å². The van der Waals surface area contributed by atoms with Gasteiger partial charge in [-0.3, -0.25) is 4.79 Å². The number of rotatable bonds is 2. The van der Waals surface area contributed by atoms with E-state index in [2.05, 4.69) is 10.0 Å². The van der Waals surface area contributed by atoms with Gasteiger partial charge in [-0.1, -0.05) is 5.11 Å². The first-order chi connectivity index (χ1) is 6.66. The Kier molecular flexibility index (Phi) is 2.01. The number of amides is 1. The number of aliphatic carboxylic acids is 1. The Hall–Kier alpha value is -1.40. The van der Waals surface area contributed by atoms with Gasteiger partial charge in [0.25, 0.3) is 0 Å². The molecule has 1 amide bonds. The zero-order chi connectivity index (χ0) is 10.3. The van der Waals surface area contributed by atoms with E-state index in [0.717, 1.165) is 0 Å². The van der Waals surface area contributed by atoms with E-state index in [9.17, 15) is 9.59 Å². The highest BCUT2D eigenvalue weighted by Gasteiger charge is 2.56. The van der Waals surface area contributed by atoms with Gasteiger partial charge < -0.3 is 10.0 Å². The molecule has 0 aliphatic carbocycles. The monoisotopic (exact) mass is 214 g/mol. The van der Waals surface area contributed by atoms with E-state index in [0.29, 0.717) is 5.75 Å². The fourth-order valence-corrected chi connectivity index (χ4v) is 2.94. The molecule has 14 heavy (non-hydrogen) atoms. The van der Waals surface area contributed by atoms with Crippen molar-refractivity contribution in [3.63, 3.8) is 0 Å². The zero-order valence-corrected chi connectivity index (χ0v) is 7.72. The average molecular weight is 214 g/mol. The summed E-state index contributed by atoms with van der Waals surface area (Å²) in [5, 5.41) is 11.3. The Morgan fingerprint density at radius 3 is 3.07 bits per heavy atom. The molecule has 0 saturated carbocycles. The smallest absolute Gasteiger partial charge is 0.337 e. The second-order valence-corrected chi connectivity index (χ2v) is 4.10. The number of thioether (sulfide) groups is 1. The summed E-state index contributed by atoms with van der Waals surface area (Å²) in [6, 6.07) is -0.929. The van der Waals surface area contributed by atoms with Gasteiger partial charge in [0.05, 0.1) is 6.04 Å². The van der Waals surface area contributed by atoms with Gasteiger partial charge >= 0.3 is 5.97 Å². The molecule has 0 aromatic rings. The van der Waals surface area contributed by atoms with Crippen molar-refractivity contribution in [3.8, 4) is 0 Å². The Morgan fingerprint density at radius 2 is 2.50 bits per heavy atom. The molecule has 0 spiro atoms. The fourth-order valence-electron chi connectivity index (χ4n) is 1.65. The summed E-state index contributed by atoms with van der Waals surface area (Å²) in [5.41, 5.74) is 8.18. The largest absolute Gasteiger partial charge is 0.479 e. The topological polar surface area (TPSA) is 106 Å². The number of β-lactam (4-membered cyclic amide) rings is 1. The Bertz CT molecular complexity index is 353. The SMILES string of the molecule is [N-]=[N+]=N[C@H]1C(=O)N2C(C(=O)O)SCC12. The third-order valence-corrected chi connectivity index (χ3v) is 3.57. The third kappa shape index (κ3) is 1.04. The summed E-state index contributed by atoms with van der Waals surface area (Å²) in [6.45, 7) is 0. The summed E-state index contributed by atoms with van der Waals surface area (Å²) in [5.74, 6) is -0.887. The molecule has 0 aromatic heterocycles. The highest BCUT2D eigenvalue weighted by Crippen LogP contribution is 2.39. The number of carboxylic acid groups (broad SMARTS) is 1. The Morgan fingerprint density at radius 1 is 1.79 bits per heavy atom. The lowest BCUT2D eigenvalue weighted by Gasteiger charge is -2.41. The molecule has 8 heteroatoms. The normalized spacial score (nSPS) is 34.4. The quantitative estimate of drug-likeness (QED) is 0.303. The van der Waals surface area contributed by atoms with E-state index in [1.807, 2.05) is 0 Å². The van der Waals surface area contributed by atoms with Crippen LogP contribution in [0.1, 0.15) is 0 Å². The van der Waals surface area contributed by atoms with E-state index < -0.39 is 17.4 Å². The summed E-state index contributed by atoms with van der Waals surface area (Å²) in [6.07, 6.45) is 0. The van der Waals surface area contributed by atoms with Gasteiger partial charge in [0.2, 0.25) is 5.91 Å². The van der Waals surface area contributed by atoms with Crippen LogP contribution >= 0.6 is 11.8 Å². The van der Waals surface area contributed by atoms with Crippen molar-refractivity contribution in [3.05, 3.63) is 10.4 Å². The standard InChI is InChI=1S/C6H6N4O3S/c7-9-8-3-2-1-14-5(6(12)13)10(2)4(3)11/h2-3,5H,1H2,(H,12,13)/t2?,3-,5?/m1/s1. The first-order valence-corrected chi connectivity index (χ1v) is 4.92. The van der Waals surface area contributed by atoms with Crippen molar-refractivity contribution in [2.24, 2.45) is 5.11 Å². The fraction of sp³-hybridized carbons (Fsp3) is 0.667. The first-order valence-electron chi connectivity index (χ1n) is 3.87. The van der Waals surface area contributed by atoms with Crippen LogP contribution in [0.15, 0.2) is 5.11 Å². The molecular formula is C6H6N4O3S. The summed E-state index contributed by atoms with van der Waals surface area (Å²) in [7, 11) is 0. The minimum Gasteiger partial charge on any atom is -0.479 e. The molecule has 2 heterocycles. The molecule has 0 bridgehead atoms. The van der Waals surface area contributed by atoms with Gasteiger partial charge in [-0.15, -0.1) is 11.8 Å². The van der Waals surface area contributed by atoms with Crippen LogP contribution in [0.4, 0.5) is 0 Å². The van der Waals surface area contributed by atoms with Crippen LogP contribution in [0.5, 0.6) is 0 Å². The maximum absolute atomic E-state index is 11.3. The highest BCUT2D eigenvalue weighted by atomic mass is 32.2. The van der Waals surface area contributed by atoms with Gasteiger partial charge in [0, 0.05) is 10.7 Å². The van der Waals surface area contributed by atoms with E-state index in [1.54, 1.807) is 0 Å². The van der Waals surface area contributed by atoms with Crippen LogP contribution < -0.4 is 0 Å². The Labute approximate surface area is 82.7 Å². The lowest BCUT2D eigenvalue weighted by atomic mass is 9.98. The third-order valence-electron chi connectivity index (χ3n) is 2.29. The Balaban J connectivity index is 2.16. The average Bonchev–Trinajstić information content (AvgIpc) is 2.54. The number of carbonyl (C=O) groups is 2. The zero-order valence-electron chi connectivity index (χ0n) is 6.90. The molecule has 1 N–H and O–H groups in total. The maximum Gasteiger partial charge on any atom is 0.337 e. The van der Waals surface area contributed by atoms with Gasteiger partial charge in [-0.05, 0) is 5.53 Å². The number of carbonyl (C=O) groups excluding carboxylic acids is 1. The molecule has 2 saturated heterocycles. The van der Waals surface area contributed by atoms with Crippen molar-refractivity contribution in [1.29, 1.82) is 0 Å². The second kappa shape index (κ2) is 3.07. The predicted molar refractivity (Wildman–Crippen MR) is 47.4 cm³/mol. The highest BCUT2D eigenvalue weighted by molar-refractivity contribution is 8.00. The van der Waals surface area contributed by atoms with Crippen molar-refractivity contribution in [2.45, 2.75) is 17.5 Å². The second-order valence-electron chi connectivity index (χ2n) is 2.99. The molecule has 2 unspecified atom stereocenters. The molecular weight excluding hydrogens is 208 g/mol. The number of hydrogen-bond donors (Lipinski definition) is 1. The van der Waals surface area contributed by atoms with E-state index in [4.69, 9.17) is 10.6 Å². The van der Waals surface area contributed by atoms with Crippen molar-refractivity contribution in [2.75, 3.05) is 5.75 Å². The van der Waals surface area contributed by atoms with Crippen LogP contribution in [0.3, 0.4) is 0 Å². The summed E-state index contributed by atoms with van der Waals surface area (Å²) < 4.78 is 0. The molecule has 2 aliphatic rings. The van der Waals surface area contributed by atoms with Crippen LogP contribution in [-0.4, -0.2) is 45.1 Å². The van der Waals surface area contributed by atoms with E-state index >= 15 is 0 Å². The van der Waals surface area contributed by atoms with Gasteiger partial charge in [0.15, 0.2) is 5.37 Å². The summed E-state index contributed by atoms with van der Waals surface area (Å²) >= 11 is 1.18. The minimum atomic E-state index is -1.02. The maximum atomic E-state index is 11.3. The van der Waals surface area contributed by atoms with Crippen molar-refractivity contribution < 1.29 is 14.7 Å². The number of nitrogens with zero attached hydrogens (tertiary/aromatic N) is 4. The number of fused-ring (bicyclic) bond motifs is 1. The van der Waals surface area contributed by atoms with E-state index in [1.165, 1.54) is 16.7 Å². The summed E-state index contributed by atoms with van der Waals surface area (Å²) in [4.78, 5) is 25.8. The first kappa shape index (κ1) is 9.17. The molecule has 74 valence electrons. The van der Waals surface area contributed by atoms with Crippen LogP contribution in [0.2, 0.25) is 0 Å². The van der Waals surface area contributed by atoms with Crippen molar-refractivity contribution >= 4 is 23.6 Å². The van der Waals surface area contributed by atoms with Crippen LogP contribution in [-0.2, 0) is 9.59 Å². The molecule has 7 nitrogen and oxygen atoms in total. The van der Waals surface area contributed by atoms with Gasteiger partial charge in [-0.25, -0.2) is 4.79 Å². The number of azide groups is 1.